The fourth-order valence-electron chi connectivity index (χ4n) is 4.82. The fraction of sp³-hybridized carbons (Fsp3) is 0.500. The molecule has 0 saturated heterocycles. The van der Waals surface area contributed by atoms with Crippen LogP contribution in [-0.2, 0) is 5.60 Å². The summed E-state index contributed by atoms with van der Waals surface area (Å²) in [4.78, 5) is 0. The number of hydrogen-bond acceptors (Lipinski definition) is 2. The molecule has 0 radical (unpaired) electrons. The molecular formula is C18H19ClF2N2O. The van der Waals surface area contributed by atoms with Gasteiger partial charge >= 0.3 is 0 Å². The number of nitrogens with zero attached hydrogens (tertiary/aromatic N) is 1. The normalized spacial score (nSPS) is 31.8. The van der Waals surface area contributed by atoms with Crippen molar-refractivity contribution in [3.63, 3.8) is 0 Å². The van der Waals surface area contributed by atoms with Crippen LogP contribution in [0, 0.1) is 17.0 Å². The van der Waals surface area contributed by atoms with Crippen LogP contribution in [0.25, 0.3) is 10.9 Å². The molecule has 1 aromatic heterocycles. The quantitative estimate of drug-likeness (QED) is 0.561. The van der Waals surface area contributed by atoms with Gasteiger partial charge in [-0.1, -0.05) is 29.7 Å². The van der Waals surface area contributed by atoms with Crippen LogP contribution in [0.4, 0.5) is 8.78 Å². The zero-order valence-corrected chi connectivity index (χ0v) is 14.2. The fourth-order valence-corrected chi connectivity index (χ4v) is 5.01. The average Bonchev–Trinajstić information content (AvgIpc) is 3.01. The molecule has 128 valence electrons. The molecular weight excluding hydrogens is 334 g/mol. The first kappa shape index (κ1) is 16.0. The van der Waals surface area contributed by atoms with Gasteiger partial charge in [-0.05, 0) is 44.4 Å². The highest BCUT2D eigenvalue weighted by Gasteiger charge is 2.58. The van der Waals surface area contributed by atoms with E-state index in [2.05, 4.69) is 16.3 Å². The van der Waals surface area contributed by atoms with Gasteiger partial charge in [0.1, 0.15) is 5.02 Å². The Morgan fingerprint density at radius 1 is 1.29 bits per heavy atom. The van der Waals surface area contributed by atoms with Gasteiger partial charge in [0, 0.05) is 5.56 Å². The van der Waals surface area contributed by atoms with Crippen LogP contribution in [0.5, 0.6) is 0 Å². The summed E-state index contributed by atoms with van der Waals surface area (Å²) in [6.45, 7) is 2.02. The second-order valence-electron chi connectivity index (χ2n) is 7.16. The number of aliphatic hydroxyl groups is 1. The van der Waals surface area contributed by atoms with Crippen LogP contribution < -0.4 is 0 Å². The highest BCUT2D eigenvalue weighted by molar-refractivity contribution is 6.31. The van der Waals surface area contributed by atoms with E-state index in [0.717, 1.165) is 25.7 Å². The van der Waals surface area contributed by atoms with Crippen LogP contribution >= 0.6 is 11.6 Å². The Balaban J connectivity index is 1.81. The Hall–Kier alpha value is -1.46. The molecule has 24 heavy (non-hydrogen) atoms. The number of halogens is 3. The molecule has 0 bridgehead atoms. The predicted octanol–water partition coefficient (Wildman–Crippen LogP) is 4.98. The monoisotopic (exact) mass is 352 g/mol. The van der Waals surface area contributed by atoms with Crippen molar-refractivity contribution < 1.29 is 13.9 Å². The number of allylic oxidation sites excluding steroid dienone is 2. The zero-order chi connectivity index (χ0) is 17.1. The van der Waals surface area contributed by atoms with Crippen molar-refractivity contribution in [2.45, 2.75) is 51.0 Å². The van der Waals surface area contributed by atoms with E-state index in [1.165, 1.54) is 11.8 Å². The van der Waals surface area contributed by atoms with Crippen molar-refractivity contribution in [3.05, 3.63) is 40.1 Å². The van der Waals surface area contributed by atoms with Crippen LogP contribution in [0.1, 0.15) is 51.0 Å². The molecule has 3 nitrogen and oxygen atoms in total. The van der Waals surface area contributed by atoms with E-state index >= 15 is 0 Å². The van der Waals surface area contributed by atoms with E-state index in [-0.39, 0.29) is 21.9 Å². The molecule has 2 aliphatic carbocycles. The molecule has 1 heterocycles. The van der Waals surface area contributed by atoms with Crippen LogP contribution in [-0.4, -0.2) is 15.3 Å². The number of nitrogens with one attached hydrogen (secondary N) is 1. The van der Waals surface area contributed by atoms with Crippen LogP contribution in [0.3, 0.4) is 0 Å². The predicted molar refractivity (Wildman–Crippen MR) is 88.8 cm³/mol. The van der Waals surface area contributed by atoms with Crippen molar-refractivity contribution in [1.29, 1.82) is 0 Å². The van der Waals surface area contributed by atoms with Crippen molar-refractivity contribution in [2.75, 3.05) is 0 Å². The number of rotatable bonds is 1. The number of aromatic amines is 1. The first-order valence-electron chi connectivity index (χ1n) is 8.30. The Morgan fingerprint density at radius 3 is 2.75 bits per heavy atom. The van der Waals surface area contributed by atoms with Crippen molar-refractivity contribution in [1.82, 2.24) is 10.2 Å². The molecule has 0 atom stereocenters. The first-order valence-corrected chi connectivity index (χ1v) is 8.68. The van der Waals surface area contributed by atoms with Gasteiger partial charge in [0.15, 0.2) is 11.6 Å². The van der Waals surface area contributed by atoms with Gasteiger partial charge in [0.25, 0.3) is 0 Å². The van der Waals surface area contributed by atoms with E-state index in [9.17, 15) is 13.9 Å². The third-order valence-electron chi connectivity index (χ3n) is 5.84. The topological polar surface area (TPSA) is 48.9 Å². The van der Waals surface area contributed by atoms with E-state index in [1.807, 2.05) is 6.92 Å². The van der Waals surface area contributed by atoms with Gasteiger partial charge in [-0.25, -0.2) is 8.78 Å². The molecule has 6 heteroatoms. The first-order chi connectivity index (χ1) is 11.4. The van der Waals surface area contributed by atoms with Gasteiger partial charge in [-0.2, -0.15) is 5.10 Å². The highest BCUT2D eigenvalue weighted by atomic mass is 35.5. The molecule has 4 rings (SSSR count). The van der Waals surface area contributed by atoms with Crippen LogP contribution in [0.2, 0.25) is 5.02 Å². The maximum Gasteiger partial charge on any atom is 0.155 e. The maximum atomic E-state index is 14.7. The molecule has 0 amide bonds. The average molecular weight is 353 g/mol. The lowest BCUT2D eigenvalue weighted by Crippen LogP contribution is -2.52. The largest absolute Gasteiger partial charge is 0.385 e. The Bertz CT molecular complexity index is 852. The number of aromatic nitrogens is 2. The summed E-state index contributed by atoms with van der Waals surface area (Å²) in [5.41, 5.74) is 0.171. The standard InChI is InChI=1S/C18H19ClF2N2O/c1-2-10-5-3-4-6-17(10)8-18(24,9-17)12-15(21)13(19)14(20)11-7-22-23-16(11)12/h2,7,24H,3-6,8-9H2,1H3,(H,22,23)/b10-2+. The van der Waals surface area contributed by atoms with E-state index in [4.69, 9.17) is 11.6 Å². The highest BCUT2D eigenvalue weighted by Crippen LogP contribution is 2.63. The molecule has 2 N–H and O–H groups in total. The Morgan fingerprint density at radius 2 is 2.04 bits per heavy atom. The van der Waals surface area contributed by atoms with Crippen molar-refractivity contribution in [3.8, 4) is 0 Å². The SMILES string of the molecule is C/C=C1\CCCCC12CC(O)(c1c(F)c(Cl)c(F)c3cn[nH]c13)C2. The third kappa shape index (κ3) is 2.01. The van der Waals surface area contributed by atoms with Gasteiger partial charge in [-0.15, -0.1) is 0 Å². The minimum absolute atomic E-state index is 0.0491. The van der Waals surface area contributed by atoms with Crippen molar-refractivity contribution in [2.24, 2.45) is 5.41 Å². The van der Waals surface area contributed by atoms with Gasteiger partial charge in [0.05, 0.1) is 22.7 Å². The smallest absolute Gasteiger partial charge is 0.155 e. The second-order valence-corrected chi connectivity index (χ2v) is 7.54. The minimum Gasteiger partial charge on any atom is -0.385 e. The van der Waals surface area contributed by atoms with Crippen molar-refractivity contribution >= 4 is 22.5 Å². The molecule has 1 aromatic carbocycles. The van der Waals surface area contributed by atoms with E-state index in [0.29, 0.717) is 12.8 Å². The number of fused-ring (bicyclic) bond motifs is 1. The molecule has 0 aliphatic heterocycles. The molecule has 2 aromatic rings. The number of hydrogen-bond donors (Lipinski definition) is 2. The van der Waals surface area contributed by atoms with E-state index < -0.39 is 22.3 Å². The molecule has 1 spiro atoms. The lowest BCUT2D eigenvalue weighted by Gasteiger charge is -2.57. The summed E-state index contributed by atoms with van der Waals surface area (Å²) in [5.74, 6) is -1.73. The summed E-state index contributed by atoms with van der Waals surface area (Å²) < 4.78 is 28.9. The summed E-state index contributed by atoms with van der Waals surface area (Å²) in [6.07, 6.45) is 8.56. The summed E-state index contributed by atoms with van der Waals surface area (Å²) in [7, 11) is 0. The maximum absolute atomic E-state index is 14.7. The van der Waals surface area contributed by atoms with Gasteiger partial charge < -0.3 is 5.11 Å². The molecule has 2 aliphatic rings. The molecule has 2 saturated carbocycles. The summed E-state index contributed by atoms with van der Waals surface area (Å²) >= 11 is 5.82. The summed E-state index contributed by atoms with van der Waals surface area (Å²) in [5, 5.41) is 17.1. The van der Waals surface area contributed by atoms with Gasteiger partial charge in [0.2, 0.25) is 0 Å². The second kappa shape index (κ2) is 5.27. The Kier molecular flexibility index (Phi) is 3.52. The number of H-pyrrole nitrogens is 1. The minimum atomic E-state index is -1.35. The Labute approximate surface area is 143 Å². The van der Waals surface area contributed by atoms with E-state index in [1.54, 1.807) is 0 Å². The lowest BCUT2D eigenvalue weighted by molar-refractivity contribution is -0.128. The third-order valence-corrected chi connectivity index (χ3v) is 6.17. The van der Waals surface area contributed by atoms with Crippen LogP contribution in [0.15, 0.2) is 17.8 Å². The lowest BCUT2D eigenvalue weighted by atomic mass is 9.50. The zero-order valence-electron chi connectivity index (χ0n) is 13.4. The molecule has 2 fully saturated rings. The molecule has 0 unspecified atom stereocenters. The number of benzene rings is 1. The van der Waals surface area contributed by atoms with Gasteiger partial charge in [-0.3, -0.25) is 5.10 Å². The summed E-state index contributed by atoms with van der Waals surface area (Å²) in [6, 6.07) is 0.